The molecular formula is C27H28N4O2. The minimum atomic E-state index is -0.0416. The van der Waals surface area contributed by atoms with Gasteiger partial charge in [-0.2, -0.15) is 5.10 Å². The molecule has 1 amide bonds. The number of nitrogens with one attached hydrogen (secondary N) is 1. The van der Waals surface area contributed by atoms with Crippen LogP contribution in [0.15, 0.2) is 91.1 Å². The number of amides is 1. The third kappa shape index (κ3) is 5.67. The average molecular weight is 441 g/mol. The van der Waals surface area contributed by atoms with E-state index in [1.165, 1.54) is 0 Å². The maximum atomic E-state index is 12.6. The Kier molecular flexibility index (Phi) is 7.17. The summed E-state index contributed by atoms with van der Waals surface area (Å²) < 4.78 is 7.26. The minimum Gasteiger partial charge on any atom is -0.496 e. The van der Waals surface area contributed by atoms with Crippen molar-refractivity contribution in [3.8, 4) is 22.7 Å². The lowest BCUT2D eigenvalue weighted by atomic mass is 10.1. The van der Waals surface area contributed by atoms with E-state index in [1.54, 1.807) is 7.11 Å². The van der Waals surface area contributed by atoms with E-state index in [2.05, 4.69) is 17.4 Å². The first-order chi connectivity index (χ1) is 16.1. The summed E-state index contributed by atoms with van der Waals surface area (Å²) in [6.07, 6.45) is 2.04. The molecule has 0 aliphatic carbocycles. The van der Waals surface area contributed by atoms with Gasteiger partial charge in [0.25, 0.3) is 0 Å². The number of carbonyl (C=O) groups excluding carboxylic acids is 1. The third-order valence-corrected chi connectivity index (χ3v) is 5.38. The van der Waals surface area contributed by atoms with Crippen LogP contribution in [0, 0.1) is 0 Å². The van der Waals surface area contributed by atoms with Crippen LogP contribution in [0.2, 0.25) is 0 Å². The van der Waals surface area contributed by atoms with Crippen LogP contribution in [0.4, 0.5) is 0 Å². The summed E-state index contributed by atoms with van der Waals surface area (Å²) >= 11 is 0. The minimum absolute atomic E-state index is 0.0416. The molecule has 0 aliphatic rings. The van der Waals surface area contributed by atoms with Crippen LogP contribution >= 0.6 is 0 Å². The largest absolute Gasteiger partial charge is 0.496 e. The van der Waals surface area contributed by atoms with Crippen LogP contribution in [0.5, 0.6) is 5.75 Å². The first-order valence-electron chi connectivity index (χ1n) is 10.9. The number of methoxy groups -OCH3 is 1. The molecule has 0 atom stereocenters. The van der Waals surface area contributed by atoms with Crippen LogP contribution in [-0.2, 0) is 17.9 Å². The Labute approximate surface area is 194 Å². The summed E-state index contributed by atoms with van der Waals surface area (Å²) in [7, 11) is 3.58. The second kappa shape index (κ2) is 10.6. The van der Waals surface area contributed by atoms with Gasteiger partial charge < -0.3 is 10.1 Å². The van der Waals surface area contributed by atoms with E-state index in [0.29, 0.717) is 13.1 Å². The Morgan fingerprint density at radius 3 is 2.33 bits per heavy atom. The van der Waals surface area contributed by atoms with E-state index in [4.69, 9.17) is 9.84 Å². The first-order valence-corrected chi connectivity index (χ1v) is 10.9. The highest BCUT2D eigenvalue weighted by Gasteiger charge is 2.15. The molecule has 3 aromatic carbocycles. The van der Waals surface area contributed by atoms with Gasteiger partial charge in [-0.25, -0.2) is 4.68 Å². The third-order valence-electron chi connectivity index (χ3n) is 5.38. The molecule has 4 rings (SSSR count). The summed E-state index contributed by atoms with van der Waals surface area (Å²) in [4.78, 5) is 14.6. The van der Waals surface area contributed by atoms with E-state index in [-0.39, 0.29) is 12.5 Å². The number of rotatable bonds is 9. The molecule has 0 spiro atoms. The number of hydrogen-bond donors (Lipinski definition) is 1. The highest BCUT2D eigenvalue weighted by molar-refractivity contribution is 5.78. The Morgan fingerprint density at radius 1 is 0.939 bits per heavy atom. The number of likely N-dealkylation sites (N-methyl/N-ethyl adjacent to an activating group) is 1. The van der Waals surface area contributed by atoms with Gasteiger partial charge in [0.05, 0.1) is 25.0 Å². The fourth-order valence-corrected chi connectivity index (χ4v) is 3.77. The molecule has 1 heterocycles. The normalized spacial score (nSPS) is 10.9. The monoisotopic (exact) mass is 440 g/mol. The van der Waals surface area contributed by atoms with E-state index >= 15 is 0 Å². The van der Waals surface area contributed by atoms with Gasteiger partial charge in [-0.05, 0) is 25.2 Å². The highest BCUT2D eigenvalue weighted by atomic mass is 16.5. The van der Waals surface area contributed by atoms with Gasteiger partial charge >= 0.3 is 0 Å². The second-order valence-corrected chi connectivity index (χ2v) is 7.91. The molecule has 0 bridgehead atoms. The van der Waals surface area contributed by atoms with Crippen LogP contribution in [0.3, 0.4) is 0 Å². The topological polar surface area (TPSA) is 59.4 Å². The maximum absolute atomic E-state index is 12.6. The van der Waals surface area contributed by atoms with Gasteiger partial charge in [-0.3, -0.25) is 9.69 Å². The van der Waals surface area contributed by atoms with Crippen molar-refractivity contribution in [2.75, 3.05) is 20.7 Å². The Hall–Kier alpha value is -3.90. The second-order valence-electron chi connectivity index (χ2n) is 7.91. The molecule has 4 aromatic rings. The molecule has 0 saturated heterocycles. The Balaban J connectivity index is 1.46. The molecule has 0 aliphatic heterocycles. The van der Waals surface area contributed by atoms with Gasteiger partial charge in [-0.1, -0.05) is 66.7 Å². The van der Waals surface area contributed by atoms with E-state index in [0.717, 1.165) is 33.8 Å². The van der Waals surface area contributed by atoms with E-state index in [9.17, 15) is 4.79 Å². The average Bonchev–Trinajstić information content (AvgIpc) is 3.27. The van der Waals surface area contributed by atoms with Gasteiger partial charge in [0.1, 0.15) is 5.75 Å². The lowest BCUT2D eigenvalue weighted by molar-refractivity contribution is -0.122. The number of benzene rings is 3. The number of para-hydroxylation sites is 2. The van der Waals surface area contributed by atoms with Crippen molar-refractivity contribution in [1.29, 1.82) is 0 Å². The molecule has 168 valence electrons. The zero-order chi connectivity index (χ0) is 23.0. The molecule has 0 saturated carbocycles. The molecule has 0 fully saturated rings. The van der Waals surface area contributed by atoms with Crippen molar-refractivity contribution < 1.29 is 9.53 Å². The van der Waals surface area contributed by atoms with Crippen molar-refractivity contribution in [2.24, 2.45) is 0 Å². The van der Waals surface area contributed by atoms with Crippen LogP contribution in [0.25, 0.3) is 16.9 Å². The standard InChI is InChI=1S/C27H28N4O2/c1-30(20-26(32)28-17-22-13-9-10-16-25(22)33-2)18-23-19-31(24-14-7-4-8-15-24)29-27(23)21-11-5-3-6-12-21/h3-16,19H,17-18,20H2,1-2H3,(H,28,32). The fourth-order valence-electron chi connectivity index (χ4n) is 3.77. The first kappa shape index (κ1) is 22.3. The van der Waals surface area contributed by atoms with E-state index in [1.807, 2.05) is 95.6 Å². The lowest BCUT2D eigenvalue weighted by Crippen LogP contribution is -2.34. The molecule has 1 N–H and O–H groups in total. The van der Waals surface area contributed by atoms with Crippen LogP contribution in [0.1, 0.15) is 11.1 Å². The number of hydrogen-bond acceptors (Lipinski definition) is 4. The van der Waals surface area contributed by atoms with Crippen LogP contribution in [-0.4, -0.2) is 41.3 Å². The van der Waals surface area contributed by atoms with Gasteiger partial charge in [0.15, 0.2) is 0 Å². The zero-order valence-corrected chi connectivity index (χ0v) is 18.9. The molecule has 6 nitrogen and oxygen atoms in total. The van der Waals surface area contributed by atoms with Gasteiger partial charge in [0, 0.05) is 36.0 Å². The Bertz CT molecular complexity index is 1190. The number of ether oxygens (including phenoxy) is 1. The Morgan fingerprint density at radius 2 is 1.61 bits per heavy atom. The number of aromatic nitrogens is 2. The summed E-state index contributed by atoms with van der Waals surface area (Å²) in [5.74, 6) is 0.729. The molecule has 1 aromatic heterocycles. The van der Waals surface area contributed by atoms with Gasteiger partial charge in [0.2, 0.25) is 5.91 Å². The van der Waals surface area contributed by atoms with E-state index < -0.39 is 0 Å². The SMILES string of the molecule is COc1ccccc1CNC(=O)CN(C)Cc1cn(-c2ccccc2)nc1-c1ccccc1. The van der Waals surface area contributed by atoms with Crippen molar-refractivity contribution in [3.05, 3.63) is 102 Å². The summed E-state index contributed by atoms with van der Waals surface area (Å²) in [6.45, 7) is 1.30. The quantitative estimate of drug-likeness (QED) is 0.422. The smallest absolute Gasteiger partial charge is 0.234 e. The van der Waals surface area contributed by atoms with Crippen molar-refractivity contribution in [1.82, 2.24) is 20.0 Å². The fraction of sp³-hybridized carbons (Fsp3) is 0.185. The van der Waals surface area contributed by atoms with Crippen LogP contribution < -0.4 is 10.1 Å². The number of carbonyl (C=O) groups is 1. The van der Waals surface area contributed by atoms with Crippen molar-refractivity contribution >= 4 is 5.91 Å². The highest BCUT2D eigenvalue weighted by Crippen LogP contribution is 2.24. The molecular weight excluding hydrogens is 412 g/mol. The molecule has 0 unspecified atom stereocenters. The lowest BCUT2D eigenvalue weighted by Gasteiger charge is -2.17. The molecule has 33 heavy (non-hydrogen) atoms. The zero-order valence-electron chi connectivity index (χ0n) is 18.9. The predicted octanol–water partition coefficient (Wildman–Crippen LogP) is 4.30. The van der Waals surface area contributed by atoms with Crippen molar-refractivity contribution in [2.45, 2.75) is 13.1 Å². The summed E-state index contributed by atoms with van der Waals surface area (Å²) in [6, 6.07) is 27.9. The predicted molar refractivity (Wildman–Crippen MR) is 130 cm³/mol. The summed E-state index contributed by atoms with van der Waals surface area (Å²) in [5, 5.41) is 7.84. The summed E-state index contributed by atoms with van der Waals surface area (Å²) in [5.41, 5.74) is 4.98. The maximum Gasteiger partial charge on any atom is 0.234 e. The molecule has 6 heteroatoms. The van der Waals surface area contributed by atoms with Crippen molar-refractivity contribution in [3.63, 3.8) is 0 Å². The van der Waals surface area contributed by atoms with Gasteiger partial charge in [-0.15, -0.1) is 0 Å². The number of nitrogens with zero attached hydrogens (tertiary/aromatic N) is 3. The molecule has 0 radical (unpaired) electrons.